The Bertz CT molecular complexity index is 764. The van der Waals surface area contributed by atoms with E-state index in [0.29, 0.717) is 16.5 Å². The van der Waals surface area contributed by atoms with Crippen molar-refractivity contribution in [1.29, 1.82) is 0 Å². The van der Waals surface area contributed by atoms with Crippen molar-refractivity contribution in [2.24, 2.45) is 0 Å². The number of amides is 1. The van der Waals surface area contributed by atoms with E-state index in [1.54, 1.807) is 31.1 Å². The predicted octanol–water partition coefficient (Wildman–Crippen LogP) is 5.30. The molecule has 0 fully saturated rings. The molecule has 0 aliphatic carbocycles. The van der Waals surface area contributed by atoms with Crippen LogP contribution in [0.1, 0.15) is 11.1 Å². The van der Waals surface area contributed by atoms with Crippen molar-refractivity contribution in [3.8, 4) is 0 Å². The highest BCUT2D eigenvalue weighted by Gasteiger charge is 2.34. The van der Waals surface area contributed by atoms with Crippen LogP contribution < -0.4 is 10.2 Å². The van der Waals surface area contributed by atoms with Gasteiger partial charge in [-0.25, -0.2) is 0 Å². The van der Waals surface area contributed by atoms with Crippen LogP contribution in [0.2, 0.25) is 5.02 Å². The number of nitrogens with zero attached hydrogens (tertiary/aromatic N) is 1. The van der Waals surface area contributed by atoms with Gasteiger partial charge < -0.3 is 10.2 Å². The number of carbonyl (C=O) groups is 1. The first kappa shape index (κ1) is 20.5. The van der Waals surface area contributed by atoms with Gasteiger partial charge in [-0.1, -0.05) is 23.7 Å². The van der Waals surface area contributed by atoms with Gasteiger partial charge in [-0.2, -0.15) is 13.2 Å². The van der Waals surface area contributed by atoms with Crippen molar-refractivity contribution < 1.29 is 18.0 Å². The largest absolute Gasteiger partial charge is 0.418 e. The van der Waals surface area contributed by atoms with Gasteiger partial charge in [0.25, 0.3) is 0 Å². The lowest BCUT2D eigenvalue weighted by atomic mass is 10.1. The van der Waals surface area contributed by atoms with Crippen molar-refractivity contribution in [3.63, 3.8) is 0 Å². The number of halogens is 4. The number of anilines is 2. The predicted molar refractivity (Wildman–Crippen MR) is 102 cm³/mol. The zero-order valence-corrected chi connectivity index (χ0v) is 15.8. The van der Waals surface area contributed by atoms with Gasteiger partial charge in [0.05, 0.1) is 17.0 Å². The van der Waals surface area contributed by atoms with E-state index in [0.717, 1.165) is 11.6 Å². The maximum Gasteiger partial charge on any atom is 0.418 e. The number of rotatable bonds is 6. The third kappa shape index (κ3) is 5.85. The first-order chi connectivity index (χ1) is 12.2. The standard InChI is InChI=1S/C18H18ClF3N2OS/c1-24(2)14-7-8-16(15(9-14)18(20,21)22)23-17(25)11-26-10-12-3-5-13(19)6-4-12/h3-9H,10-11H2,1-2H3,(H,23,25). The summed E-state index contributed by atoms with van der Waals surface area (Å²) in [6, 6.07) is 11.0. The monoisotopic (exact) mass is 402 g/mol. The van der Waals surface area contributed by atoms with Crippen molar-refractivity contribution >= 4 is 40.6 Å². The molecule has 26 heavy (non-hydrogen) atoms. The van der Waals surface area contributed by atoms with Crippen LogP contribution in [0, 0.1) is 0 Å². The molecule has 0 unspecified atom stereocenters. The summed E-state index contributed by atoms with van der Waals surface area (Å²) in [4.78, 5) is 13.6. The van der Waals surface area contributed by atoms with Gasteiger partial charge >= 0.3 is 6.18 Å². The molecule has 0 saturated heterocycles. The summed E-state index contributed by atoms with van der Waals surface area (Å²) < 4.78 is 39.8. The van der Waals surface area contributed by atoms with E-state index in [1.807, 2.05) is 12.1 Å². The summed E-state index contributed by atoms with van der Waals surface area (Å²) >= 11 is 7.12. The number of benzene rings is 2. The van der Waals surface area contributed by atoms with Gasteiger partial charge in [0, 0.05) is 30.6 Å². The topological polar surface area (TPSA) is 32.3 Å². The molecule has 0 aromatic heterocycles. The molecule has 0 aliphatic rings. The maximum absolute atomic E-state index is 13.3. The Morgan fingerprint density at radius 3 is 2.38 bits per heavy atom. The summed E-state index contributed by atoms with van der Waals surface area (Å²) in [5.41, 5.74) is 0.297. The van der Waals surface area contributed by atoms with Crippen LogP contribution in [0.5, 0.6) is 0 Å². The quantitative estimate of drug-likeness (QED) is 0.711. The minimum Gasteiger partial charge on any atom is -0.378 e. The van der Waals surface area contributed by atoms with Crippen LogP contribution in [0.25, 0.3) is 0 Å². The SMILES string of the molecule is CN(C)c1ccc(NC(=O)CSCc2ccc(Cl)cc2)c(C(F)(F)F)c1. The Hall–Kier alpha value is -1.86. The van der Waals surface area contributed by atoms with Crippen LogP contribution in [0.3, 0.4) is 0 Å². The van der Waals surface area contributed by atoms with Gasteiger partial charge in [0.2, 0.25) is 5.91 Å². The smallest absolute Gasteiger partial charge is 0.378 e. The Balaban J connectivity index is 2.00. The highest BCUT2D eigenvalue weighted by molar-refractivity contribution is 7.99. The highest BCUT2D eigenvalue weighted by Crippen LogP contribution is 2.37. The molecule has 2 aromatic rings. The Morgan fingerprint density at radius 2 is 1.81 bits per heavy atom. The third-order valence-electron chi connectivity index (χ3n) is 3.51. The van der Waals surface area contributed by atoms with Crippen molar-refractivity contribution in [2.45, 2.75) is 11.9 Å². The Labute approximate surface area is 159 Å². The summed E-state index contributed by atoms with van der Waals surface area (Å²) in [5, 5.41) is 2.98. The number of thioether (sulfide) groups is 1. The molecule has 1 N–H and O–H groups in total. The molecule has 2 aromatic carbocycles. The van der Waals surface area contributed by atoms with Gasteiger partial charge in [-0.3, -0.25) is 4.79 Å². The van der Waals surface area contributed by atoms with Gasteiger partial charge in [-0.05, 0) is 35.9 Å². The van der Waals surface area contributed by atoms with Crippen molar-refractivity contribution in [3.05, 3.63) is 58.6 Å². The van der Waals surface area contributed by atoms with Crippen molar-refractivity contribution in [2.75, 3.05) is 30.1 Å². The second kappa shape index (κ2) is 8.68. The molecule has 0 heterocycles. The molecule has 8 heteroatoms. The molecule has 0 spiro atoms. The minimum atomic E-state index is -4.55. The van der Waals surface area contributed by atoms with E-state index in [4.69, 9.17) is 11.6 Å². The fourth-order valence-electron chi connectivity index (χ4n) is 2.18. The normalized spacial score (nSPS) is 11.3. The first-order valence-corrected chi connectivity index (χ1v) is 9.20. The Morgan fingerprint density at radius 1 is 1.15 bits per heavy atom. The van der Waals surface area contributed by atoms with E-state index in [1.165, 1.54) is 23.9 Å². The lowest BCUT2D eigenvalue weighted by Gasteiger charge is -2.18. The van der Waals surface area contributed by atoms with Crippen LogP contribution >= 0.6 is 23.4 Å². The molecule has 0 atom stereocenters. The first-order valence-electron chi connectivity index (χ1n) is 7.67. The molecular formula is C18H18ClF3N2OS. The van der Waals surface area contributed by atoms with Crippen LogP contribution in [-0.4, -0.2) is 25.8 Å². The average molecular weight is 403 g/mol. The number of nitrogens with one attached hydrogen (secondary N) is 1. The highest BCUT2D eigenvalue weighted by atomic mass is 35.5. The minimum absolute atomic E-state index is 0.0509. The molecule has 1 amide bonds. The van der Waals surface area contributed by atoms with E-state index >= 15 is 0 Å². The average Bonchev–Trinajstić information content (AvgIpc) is 2.56. The lowest BCUT2D eigenvalue weighted by Crippen LogP contribution is -2.19. The van der Waals surface area contributed by atoms with Crippen LogP contribution in [-0.2, 0) is 16.7 Å². The third-order valence-corrected chi connectivity index (χ3v) is 4.77. The summed E-state index contributed by atoms with van der Waals surface area (Å²) in [6.07, 6.45) is -4.55. The molecule has 0 radical (unpaired) electrons. The molecule has 0 aliphatic heterocycles. The summed E-state index contributed by atoms with van der Waals surface area (Å²) in [7, 11) is 3.31. The molecule has 0 bridgehead atoms. The zero-order chi connectivity index (χ0) is 19.3. The van der Waals surface area contributed by atoms with Gasteiger partial charge in [0.15, 0.2) is 0 Å². The number of hydrogen-bond donors (Lipinski definition) is 1. The summed E-state index contributed by atoms with van der Waals surface area (Å²) in [5.74, 6) is 0.137. The number of hydrogen-bond acceptors (Lipinski definition) is 3. The molecule has 0 saturated carbocycles. The zero-order valence-electron chi connectivity index (χ0n) is 14.2. The molecular weight excluding hydrogens is 385 g/mol. The van der Waals surface area contributed by atoms with E-state index in [-0.39, 0.29) is 11.4 Å². The maximum atomic E-state index is 13.3. The van der Waals surface area contributed by atoms with Gasteiger partial charge in [0.1, 0.15) is 0 Å². The Kier molecular flexibility index (Phi) is 6.83. The second-order valence-corrected chi connectivity index (χ2v) is 7.21. The van der Waals surface area contributed by atoms with Crippen molar-refractivity contribution in [1.82, 2.24) is 0 Å². The van der Waals surface area contributed by atoms with E-state index in [2.05, 4.69) is 5.32 Å². The van der Waals surface area contributed by atoms with E-state index in [9.17, 15) is 18.0 Å². The number of alkyl halides is 3. The van der Waals surface area contributed by atoms with Crippen LogP contribution in [0.4, 0.5) is 24.5 Å². The molecule has 140 valence electrons. The second-order valence-electron chi connectivity index (χ2n) is 5.79. The van der Waals surface area contributed by atoms with Crippen LogP contribution in [0.15, 0.2) is 42.5 Å². The summed E-state index contributed by atoms with van der Waals surface area (Å²) in [6.45, 7) is 0. The molecule has 2 rings (SSSR count). The molecule has 3 nitrogen and oxygen atoms in total. The lowest BCUT2D eigenvalue weighted by molar-refractivity contribution is -0.136. The fourth-order valence-corrected chi connectivity index (χ4v) is 3.10. The number of carbonyl (C=O) groups excluding carboxylic acids is 1. The van der Waals surface area contributed by atoms with E-state index < -0.39 is 17.6 Å². The fraction of sp³-hybridized carbons (Fsp3) is 0.278. The van der Waals surface area contributed by atoms with Gasteiger partial charge in [-0.15, -0.1) is 11.8 Å².